The maximum absolute atomic E-state index is 12.4. The number of hydrogen-bond acceptors (Lipinski definition) is 6. The Morgan fingerprint density at radius 1 is 1.19 bits per heavy atom. The Morgan fingerprint density at radius 3 is 2.71 bits per heavy atom. The van der Waals surface area contributed by atoms with E-state index in [9.17, 15) is 4.21 Å². The largest absolute Gasteiger partial charge is 0.497 e. The van der Waals surface area contributed by atoms with E-state index in [2.05, 4.69) is 9.97 Å². The molecule has 0 saturated carbocycles. The van der Waals surface area contributed by atoms with E-state index in [-0.39, 0.29) is 5.03 Å². The Bertz CT molecular complexity index is 758. The Kier molecular flexibility index (Phi) is 4.54. The molecule has 2 aromatic heterocycles. The third-order valence-electron chi connectivity index (χ3n) is 2.69. The summed E-state index contributed by atoms with van der Waals surface area (Å²) in [6, 6.07) is 6.58. The van der Waals surface area contributed by atoms with Gasteiger partial charge in [0.2, 0.25) is 0 Å². The van der Waals surface area contributed by atoms with Crippen LogP contribution in [-0.4, -0.2) is 28.4 Å². The van der Waals surface area contributed by atoms with Gasteiger partial charge in [0.05, 0.1) is 14.2 Å². The van der Waals surface area contributed by atoms with Crippen molar-refractivity contribution < 1.29 is 13.7 Å². The number of aromatic nitrogens is 2. The van der Waals surface area contributed by atoms with E-state index in [1.54, 1.807) is 24.4 Å². The quantitative estimate of drug-likeness (QED) is 0.917. The van der Waals surface area contributed by atoms with E-state index >= 15 is 0 Å². The van der Waals surface area contributed by atoms with Crippen molar-refractivity contribution in [2.24, 2.45) is 0 Å². The van der Waals surface area contributed by atoms with E-state index in [1.807, 2.05) is 0 Å². The first kappa shape index (κ1) is 15.0. The van der Waals surface area contributed by atoms with Gasteiger partial charge in [0.15, 0.2) is 0 Å². The second-order valence-corrected chi connectivity index (χ2v) is 5.92. The van der Waals surface area contributed by atoms with Gasteiger partial charge in [-0.2, -0.15) is 0 Å². The summed E-state index contributed by atoms with van der Waals surface area (Å²) in [7, 11) is -0.160. The Hall–Kier alpha value is -2.41. The van der Waals surface area contributed by atoms with E-state index in [1.165, 1.54) is 38.0 Å². The fraction of sp³-hybridized carbons (Fsp3) is 0.143. The van der Waals surface area contributed by atoms with Gasteiger partial charge >= 0.3 is 0 Å². The highest BCUT2D eigenvalue weighted by Crippen LogP contribution is 2.20. The average Bonchev–Trinajstić information content (AvgIpc) is 2.53. The minimum absolute atomic E-state index is 0.132. The lowest BCUT2D eigenvalue weighted by Crippen LogP contribution is -1.98. The number of nitrogens with zero attached hydrogens (tertiary/aromatic N) is 2. The molecule has 0 saturated heterocycles. The molecule has 1 atom stereocenters. The molecule has 0 aliphatic heterocycles. The molecule has 0 fully saturated rings. The fourth-order valence-electron chi connectivity index (χ4n) is 1.61. The van der Waals surface area contributed by atoms with Gasteiger partial charge in [-0.25, -0.2) is 14.0 Å². The molecule has 0 spiro atoms. The highest BCUT2D eigenvalue weighted by atomic mass is 32.2. The number of methoxy groups -OCH3 is 2. The van der Waals surface area contributed by atoms with E-state index in [0.717, 1.165) is 0 Å². The number of pyridine rings is 2. The molecule has 110 valence electrons. The predicted octanol–water partition coefficient (Wildman–Crippen LogP) is 2.57. The summed E-state index contributed by atoms with van der Waals surface area (Å²) >= 11 is 0. The van der Waals surface area contributed by atoms with Crippen LogP contribution in [0.5, 0.6) is 11.5 Å². The molecule has 0 aliphatic rings. The van der Waals surface area contributed by atoms with Crippen LogP contribution in [0.2, 0.25) is 0 Å². The van der Waals surface area contributed by atoms with Crippen LogP contribution in [0.1, 0.15) is 5.69 Å². The zero-order valence-electron chi connectivity index (χ0n) is 11.6. The number of hydrogen-bond donors (Lipinski definition) is 1. The average molecular weight is 305 g/mol. The second-order valence-electron chi connectivity index (χ2n) is 4.03. The van der Waals surface area contributed by atoms with Crippen LogP contribution in [0.15, 0.2) is 47.1 Å². The van der Waals surface area contributed by atoms with E-state index in [4.69, 9.17) is 14.3 Å². The van der Waals surface area contributed by atoms with Crippen LogP contribution < -0.4 is 9.47 Å². The topological polar surface area (TPSA) is 85.2 Å². The first-order valence-corrected chi connectivity index (χ1v) is 7.65. The molecule has 0 amide bonds. The Morgan fingerprint density at radius 2 is 2.00 bits per heavy atom. The van der Waals surface area contributed by atoms with Gasteiger partial charge in [-0.1, -0.05) is 0 Å². The second kappa shape index (κ2) is 6.36. The summed E-state index contributed by atoms with van der Waals surface area (Å²) < 4.78 is 30.6. The highest BCUT2D eigenvalue weighted by Gasteiger charge is 2.10. The molecule has 2 heterocycles. The van der Waals surface area contributed by atoms with Crippen molar-refractivity contribution in [1.29, 1.82) is 4.78 Å². The third kappa shape index (κ3) is 3.57. The van der Waals surface area contributed by atoms with Crippen molar-refractivity contribution in [3.05, 3.63) is 47.8 Å². The van der Waals surface area contributed by atoms with Gasteiger partial charge in [-0.05, 0) is 24.3 Å². The van der Waals surface area contributed by atoms with Gasteiger partial charge in [-0.15, -0.1) is 0 Å². The number of nitrogens with one attached hydrogen (secondary N) is 1. The molecule has 1 unspecified atom stereocenters. The van der Waals surface area contributed by atoms with Gasteiger partial charge in [0.25, 0.3) is 0 Å². The third-order valence-corrected chi connectivity index (χ3v) is 4.05. The van der Waals surface area contributed by atoms with Crippen LogP contribution in [0.25, 0.3) is 6.08 Å². The molecular weight excluding hydrogens is 290 g/mol. The molecular formula is C14H15N3O3S. The van der Waals surface area contributed by atoms with Gasteiger partial charge in [-0.3, -0.25) is 4.98 Å². The first-order valence-electron chi connectivity index (χ1n) is 6.03. The number of rotatable bonds is 5. The van der Waals surface area contributed by atoms with E-state index in [0.29, 0.717) is 17.2 Å². The highest BCUT2D eigenvalue weighted by molar-refractivity contribution is 7.95. The monoisotopic (exact) mass is 305 g/mol. The summed E-state index contributed by atoms with van der Waals surface area (Å²) in [5.74, 6) is 1.05. The fourth-order valence-corrected chi connectivity index (χ4v) is 2.58. The summed E-state index contributed by atoms with van der Waals surface area (Å²) in [5.41, 5.74) is 0.503. The zero-order chi connectivity index (χ0) is 15.3. The van der Waals surface area contributed by atoms with Gasteiger partial charge < -0.3 is 9.47 Å². The Balaban J connectivity index is 2.34. The molecule has 0 aromatic carbocycles. The van der Waals surface area contributed by atoms with Crippen molar-refractivity contribution in [2.75, 3.05) is 14.2 Å². The predicted molar refractivity (Wildman–Crippen MR) is 79.7 cm³/mol. The summed E-state index contributed by atoms with van der Waals surface area (Å²) in [6.07, 6.45) is 4.55. The van der Waals surface area contributed by atoms with Gasteiger partial charge in [0.1, 0.15) is 31.9 Å². The molecule has 2 rings (SSSR count). The molecule has 0 radical (unpaired) electrons. The van der Waals surface area contributed by atoms with Crippen molar-refractivity contribution in [1.82, 2.24) is 9.97 Å². The van der Waals surface area contributed by atoms with Crippen molar-refractivity contribution in [3.63, 3.8) is 0 Å². The SMILES string of the molecule is COc1ccnc(S(=N)(=O)/C=C/c2ncccc2OC)c1. The van der Waals surface area contributed by atoms with Crippen LogP contribution >= 0.6 is 0 Å². The Labute approximate surface area is 123 Å². The summed E-state index contributed by atoms with van der Waals surface area (Å²) in [4.78, 5) is 8.08. The lowest BCUT2D eigenvalue weighted by molar-refractivity contribution is 0.412. The summed E-state index contributed by atoms with van der Waals surface area (Å²) in [5, 5.41) is 1.40. The van der Waals surface area contributed by atoms with Crippen LogP contribution in [-0.2, 0) is 9.73 Å². The van der Waals surface area contributed by atoms with Gasteiger partial charge in [0, 0.05) is 23.9 Å². The van der Waals surface area contributed by atoms with E-state index < -0.39 is 9.73 Å². The standard InChI is InChI=1S/C14H15N3O3S/c1-19-11-5-8-17-14(10-11)21(15,18)9-6-12-13(20-2)4-3-7-16-12/h3-10,15H,1-2H3/b9-6+. The van der Waals surface area contributed by atoms with Crippen molar-refractivity contribution in [2.45, 2.75) is 5.03 Å². The molecule has 6 nitrogen and oxygen atoms in total. The molecule has 2 aromatic rings. The minimum atomic E-state index is -3.18. The van der Waals surface area contributed by atoms with Crippen molar-refractivity contribution >= 4 is 15.8 Å². The summed E-state index contributed by atoms with van der Waals surface area (Å²) in [6.45, 7) is 0. The van der Waals surface area contributed by atoms with Crippen LogP contribution in [0, 0.1) is 4.78 Å². The first-order chi connectivity index (χ1) is 10.1. The minimum Gasteiger partial charge on any atom is -0.497 e. The lowest BCUT2D eigenvalue weighted by atomic mass is 10.3. The number of ether oxygens (including phenoxy) is 2. The molecule has 1 N–H and O–H groups in total. The molecule has 0 aliphatic carbocycles. The molecule has 21 heavy (non-hydrogen) atoms. The lowest BCUT2D eigenvalue weighted by Gasteiger charge is -2.05. The van der Waals surface area contributed by atoms with Crippen LogP contribution in [0.3, 0.4) is 0 Å². The molecule has 7 heteroatoms. The maximum atomic E-state index is 12.4. The normalized spacial score (nSPS) is 13.8. The van der Waals surface area contributed by atoms with Crippen molar-refractivity contribution in [3.8, 4) is 11.5 Å². The smallest absolute Gasteiger partial charge is 0.144 e. The van der Waals surface area contributed by atoms with Crippen LogP contribution in [0.4, 0.5) is 0 Å². The maximum Gasteiger partial charge on any atom is 0.144 e. The molecule has 0 bridgehead atoms. The zero-order valence-corrected chi connectivity index (χ0v) is 12.5.